The zero-order valence-corrected chi connectivity index (χ0v) is 17.9. The fourth-order valence-electron chi connectivity index (χ4n) is 3.52. The predicted molar refractivity (Wildman–Crippen MR) is 110 cm³/mol. The Morgan fingerprint density at radius 2 is 1.88 bits per heavy atom. The molecule has 1 fully saturated rings. The maximum absolute atomic E-state index is 12.4. The minimum atomic E-state index is -3.29. The van der Waals surface area contributed by atoms with Gasteiger partial charge < -0.3 is 15.3 Å². The first-order chi connectivity index (χ1) is 11.9. The minimum Gasteiger partial charge on any atom is -0.391 e. The molecule has 2 rings (SSSR count). The van der Waals surface area contributed by atoms with Gasteiger partial charge in [-0.1, -0.05) is 31.4 Å². The number of halogens is 1. The Hall–Kier alpha value is -0.700. The molecule has 0 spiro atoms. The molecule has 0 aromatic heterocycles. The van der Waals surface area contributed by atoms with E-state index in [1.54, 1.807) is 12.1 Å². The van der Waals surface area contributed by atoms with Crippen LogP contribution in [0.3, 0.4) is 0 Å². The third-order valence-corrected chi connectivity index (χ3v) is 7.04. The number of nitriles is 1. The van der Waals surface area contributed by atoms with E-state index in [-0.39, 0.29) is 35.7 Å². The van der Waals surface area contributed by atoms with Crippen molar-refractivity contribution in [2.45, 2.75) is 51.2 Å². The second kappa shape index (κ2) is 11.2. The van der Waals surface area contributed by atoms with Gasteiger partial charge >= 0.3 is 0 Å². The number of rotatable bonds is 8. The van der Waals surface area contributed by atoms with E-state index < -0.39 is 13.5 Å². The Bertz CT molecular complexity index is 627. The lowest BCUT2D eigenvalue weighted by molar-refractivity contribution is 0.186. The van der Waals surface area contributed by atoms with Gasteiger partial charge in [0.2, 0.25) is 7.37 Å². The zero-order valence-electron chi connectivity index (χ0n) is 15.3. The Morgan fingerprint density at radius 3 is 2.46 bits per heavy atom. The van der Waals surface area contributed by atoms with Crippen LogP contribution in [-0.4, -0.2) is 35.0 Å². The predicted octanol–water partition coefficient (Wildman–Crippen LogP) is 4.00. The maximum Gasteiger partial charge on any atom is 0.203 e. The van der Waals surface area contributed by atoms with Crippen LogP contribution >= 0.6 is 24.4 Å². The van der Waals surface area contributed by atoms with Crippen molar-refractivity contribution in [3.05, 3.63) is 35.4 Å². The van der Waals surface area contributed by atoms with Crippen LogP contribution in [0.4, 0.5) is 0 Å². The highest BCUT2D eigenvalue weighted by molar-refractivity contribution is 8.93. The molecule has 3 unspecified atom stereocenters. The van der Waals surface area contributed by atoms with Crippen LogP contribution in [0.5, 0.6) is 0 Å². The highest BCUT2D eigenvalue weighted by Gasteiger charge is 2.28. The van der Waals surface area contributed by atoms with Crippen LogP contribution in [0, 0.1) is 17.2 Å². The number of nitrogens with one attached hydrogen (secondary N) is 1. The Morgan fingerprint density at radius 1 is 1.27 bits per heavy atom. The highest BCUT2D eigenvalue weighted by atomic mass is 79.9. The number of aliphatic hydroxyl groups is 1. The molecular weight excluding hydrogens is 415 g/mol. The summed E-state index contributed by atoms with van der Waals surface area (Å²) < 4.78 is 12.4. The lowest BCUT2D eigenvalue weighted by Crippen LogP contribution is -2.32. The molecule has 3 N–H and O–H groups in total. The average molecular weight is 445 g/mol. The molecule has 0 bridgehead atoms. The molecular formula is C19H30BrN2O3P. The monoisotopic (exact) mass is 444 g/mol. The third-order valence-electron chi connectivity index (χ3n) is 4.96. The van der Waals surface area contributed by atoms with Crippen LogP contribution in [0.25, 0.3) is 0 Å². The maximum atomic E-state index is 12.4. The smallest absolute Gasteiger partial charge is 0.203 e. The second-order valence-electron chi connectivity index (χ2n) is 7.23. The van der Waals surface area contributed by atoms with Gasteiger partial charge in [0.05, 0.1) is 23.9 Å². The van der Waals surface area contributed by atoms with Crippen molar-refractivity contribution in [3.8, 4) is 6.07 Å². The van der Waals surface area contributed by atoms with Gasteiger partial charge in [-0.2, -0.15) is 5.26 Å². The summed E-state index contributed by atoms with van der Waals surface area (Å²) in [5.41, 5.74) is 1.63. The summed E-state index contributed by atoms with van der Waals surface area (Å²) in [4.78, 5) is 10.2. The number of hydrogen-bond donors (Lipinski definition) is 3. The van der Waals surface area contributed by atoms with Crippen LogP contribution in [0.15, 0.2) is 24.3 Å². The lowest BCUT2D eigenvalue weighted by Gasteiger charge is -2.25. The summed E-state index contributed by atoms with van der Waals surface area (Å²) in [6.45, 7) is 2.24. The molecule has 0 radical (unpaired) electrons. The number of benzene rings is 1. The summed E-state index contributed by atoms with van der Waals surface area (Å²) in [7, 11) is -3.29. The molecule has 0 saturated heterocycles. The Balaban J connectivity index is 0.00000338. The molecule has 5 nitrogen and oxygen atoms in total. The Labute approximate surface area is 167 Å². The standard InChI is InChI=1S/C19H29N2O3P.BrH/c1-15(18-9-7-16(11-20)8-10-18)21-12-19(22)14-25(23,24)13-17-5-3-2-4-6-17;/h7-10,15,17,19,21-22H,2-6,12-14H2,1H3,(H,23,24);1H. The molecule has 1 aromatic rings. The van der Waals surface area contributed by atoms with Gasteiger partial charge in [0, 0.05) is 18.7 Å². The first-order valence-corrected chi connectivity index (χ1v) is 11.1. The molecule has 7 heteroatoms. The van der Waals surface area contributed by atoms with Crippen molar-refractivity contribution in [2.75, 3.05) is 18.9 Å². The number of aliphatic hydroxyl groups excluding tert-OH is 1. The van der Waals surface area contributed by atoms with E-state index >= 15 is 0 Å². The first kappa shape index (κ1) is 23.3. The molecule has 146 valence electrons. The summed E-state index contributed by atoms with van der Waals surface area (Å²) in [6, 6.07) is 9.36. The fourth-order valence-corrected chi connectivity index (χ4v) is 5.63. The van der Waals surface area contributed by atoms with Gasteiger partial charge in [0.25, 0.3) is 0 Å². The lowest BCUT2D eigenvalue weighted by atomic mass is 9.91. The molecule has 0 heterocycles. The van der Waals surface area contributed by atoms with E-state index in [4.69, 9.17) is 5.26 Å². The van der Waals surface area contributed by atoms with E-state index in [0.717, 1.165) is 31.2 Å². The molecule has 1 saturated carbocycles. The summed E-state index contributed by atoms with van der Waals surface area (Å²) in [5.74, 6) is 0.335. The normalized spacial score (nSPS) is 19.6. The number of hydrogen-bond acceptors (Lipinski definition) is 4. The fraction of sp³-hybridized carbons (Fsp3) is 0.632. The number of nitrogens with zero attached hydrogens (tertiary/aromatic N) is 1. The molecule has 1 aliphatic carbocycles. The molecule has 1 aromatic carbocycles. The van der Waals surface area contributed by atoms with Crippen LogP contribution in [0.1, 0.15) is 56.2 Å². The molecule has 0 aliphatic heterocycles. The van der Waals surface area contributed by atoms with Gasteiger partial charge in [0.1, 0.15) is 0 Å². The quantitative estimate of drug-likeness (QED) is 0.526. The topological polar surface area (TPSA) is 93.3 Å². The second-order valence-corrected chi connectivity index (χ2v) is 9.66. The van der Waals surface area contributed by atoms with Crippen molar-refractivity contribution < 1.29 is 14.6 Å². The van der Waals surface area contributed by atoms with Gasteiger partial charge in [0.15, 0.2) is 0 Å². The van der Waals surface area contributed by atoms with E-state index in [2.05, 4.69) is 11.4 Å². The van der Waals surface area contributed by atoms with Gasteiger partial charge in [-0.3, -0.25) is 4.57 Å². The van der Waals surface area contributed by atoms with Crippen molar-refractivity contribution in [2.24, 2.45) is 5.92 Å². The molecule has 3 atom stereocenters. The van der Waals surface area contributed by atoms with Crippen LogP contribution in [-0.2, 0) is 4.57 Å². The van der Waals surface area contributed by atoms with Crippen LogP contribution < -0.4 is 5.32 Å². The average Bonchev–Trinajstić information content (AvgIpc) is 2.59. The SMILES string of the molecule is Br.CC(NCC(O)CP(=O)(O)CC1CCCCC1)c1ccc(C#N)cc1. The summed E-state index contributed by atoms with van der Waals surface area (Å²) in [6.07, 6.45) is 5.06. The zero-order chi connectivity index (χ0) is 18.3. The van der Waals surface area contributed by atoms with Gasteiger partial charge in [-0.25, -0.2) is 0 Å². The van der Waals surface area contributed by atoms with Crippen molar-refractivity contribution >= 4 is 24.4 Å². The summed E-state index contributed by atoms with van der Waals surface area (Å²) in [5, 5.41) is 22.2. The highest BCUT2D eigenvalue weighted by Crippen LogP contribution is 2.45. The largest absolute Gasteiger partial charge is 0.391 e. The molecule has 1 aliphatic rings. The van der Waals surface area contributed by atoms with E-state index in [1.807, 2.05) is 19.1 Å². The van der Waals surface area contributed by atoms with Gasteiger partial charge in [-0.05, 0) is 43.4 Å². The van der Waals surface area contributed by atoms with Crippen molar-refractivity contribution in [1.29, 1.82) is 5.26 Å². The minimum absolute atomic E-state index is 0. The van der Waals surface area contributed by atoms with E-state index in [9.17, 15) is 14.6 Å². The van der Waals surface area contributed by atoms with Crippen molar-refractivity contribution in [3.63, 3.8) is 0 Å². The molecule has 26 heavy (non-hydrogen) atoms. The van der Waals surface area contributed by atoms with Crippen LogP contribution in [0.2, 0.25) is 0 Å². The van der Waals surface area contributed by atoms with Gasteiger partial charge in [-0.15, -0.1) is 17.0 Å². The van der Waals surface area contributed by atoms with Crippen molar-refractivity contribution in [1.82, 2.24) is 5.32 Å². The first-order valence-electron chi connectivity index (χ1n) is 9.12. The molecule has 0 amide bonds. The Kier molecular flexibility index (Phi) is 10.1. The van der Waals surface area contributed by atoms with E-state index in [0.29, 0.717) is 17.6 Å². The third kappa shape index (κ3) is 7.90. The van der Waals surface area contributed by atoms with E-state index in [1.165, 1.54) is 6.42 Å². The summed E-state index contributed by atoms with van der Waals surface area (Å²) >= 11 is 0.